The molecule has 1 aliphatic rings. The van der Waals surface area contributed by atoms with E-state index in [1.807, 2.05) is 6.20 Å². The van der Waals surface area contributed by atoms with Crippen molar-refractivity contribution in [3.05, 3.63) is 40.8 Å². The van der Waals surface area contributed by atoms with Crippen LogP contribution in [0, 0.1) is 0 Å². The molecule has 4 heteroatoms. The number of hydrogen-bond donors (Lipinski definition) is 1. The molecule has 0 unspecified atom stereocenters. The molecule has 18 heavy (non-hydrogen) atoms. The van der Waals surface area contributed by atoms with Crippen molar-refractivity contribution in [1.82, 2.24) is 9.97 Å². The fourth-order valence-corrected chi connectivity index (χ4v) is 2.78. The normalized spacial score (nSPS) is 15.6. The fourth-order valence-electron chi connectivity index (χ4n) is 2.52. The molecular formula is C14H16BrClN2. The van der Waals surface area contributed by atoms with Crippen LogP contribution in [0.1, 0.15) is 37.4 Å². The maximum absolute atomic E-state index is 4.53. The summed E-state index contributed by atoms with van der Waals surface area (Å²) in [4.78, 5) is 7.99. The fraction of sp³-hybridized carbons (Fsp3) is 0.357. The van der Waals surface area contributed by atoms with E-state index >= 15 is 0 Å². The van der Waals surface area contributed by atoms with Crippen molar-refractivity contribution in [3.63, 3.8) is 0 Å². The van der Waals surface area contributed by atoms with E-state index < -0.39 is 0 Å². The van der Waals surface area contributed by atoms with Gasteiger partial charge < -0.3 is 4.98 Å². The molecule has 1 aromatic heterocycles. The van der Waals surface area contributed by atoms with Crippen molar-refractivity contribution in [2.75, 3.05) is 0 Å². The van der Waals surface area contributed by atoms with Gasteiger partial charge >= 0.3 is 0 Å². The summed E-state index contributed by atoms with van der Waals surface area (Å²) >= 11 is 3.45. The molecule has 96 valence electrons. The molecule has 1 N–H and O–H groups in total. The highest BCUT2D eigenvalue weighted by molar-refractivity contribution is 9.10. The molecule has 0 radical (unpaired) electrons. The SMILES string of the molecule is Brc1ccc(-c2cnc(C3CCCC3)[nH]2)cc1.Cl. The molecule has 0 aliphatic heterocycles. The van der Waals surface area contributed by atoms with Gasteiger partial charge in [-0.05, 0) is 30.5 Å². The Kier molecular flexibility index (Phi) is 4.46. The summed E-state index contributed by atoms with van der Waals surface area (Å²) in [5.74, 6) is 1.82. The Bertz CT molecular complexity index is 501. The van der Waals surface area contributed by atoms with Crippen molar-refractivity contribution in [2.24, 2.45) is 0 Å². The quantitative estimate of drug-likeness (QED) is 0.833. The first-order valence-electron chi connectivity index (χ1n) is 6.14. The van der Waals surface area contributed by atoms with Crippen LogP contribution >= 0.6 is 28.3 Å². The first-order chi connectivity index (χ1) is 8.33. The summed E-state index contributed by atoms with van der Waals surface area (Å²) in [6.07, 6.45) is 7.22. The zero-order chi connectivity index (χ0) is 11.7. The molecule has 1 aromatic carbocycles. The maximum Gasteiger partial charge on any atom is 0.109 e. The first kappa shape index (κ1) is 13.6. The lowest BCUT2D eigenvalue weighted by atomic mass is 10.1. The average Bonchev–Trinajstić information content (AvgIpc) is 3.00. The number of hydrogen-bond acceptors (Lipinski definition) is 1. The van der Waals surface area contributed by atoms with E-state index in [1.54, 1.807) is 0 Å². The third-order valence-corrected chi connectivity index (χ3v) is 4.02. The van der Waals surface area contributed by atoms with E-state index in [-0.39, 0.29) is 12.4 Å². The minimum atomic E-state index is 0. The minimum absolute atomic E-state index is 0. The van der Waals surface area contributed by atoms with Gasteiger partial charge in [-0.2, -0.15) is 0 Å². The van der Waals surface area contributed by atoms with Gasteiger partial charge in [0.05, 0.1) is 11.9 Å². The van der Waals surface area contributed by atoms with Gasteiger partial charge in [-0.3, -0.25) is 0 Å². The number of halogens is 2. The summed E-state index contributed by atoms with van der Waals surface area (Å²) in [6, 6.07) is 8.34. The summed E-state index contributed by atoms with van der Waals surface area (Å²) < 4.78 is 1.11. The van der Waals surface area contributed by atoms with Gasteiger partial charge in [-0.15, -0.1) is 12.4 Å². The Labute approximate surface area is 122 Å². The van der Waals surface area contributed by atoms with Gasteiger partial charge in [0.2, 0.25) is 0 Å². The van der Waals surface area contributed by atoms with E-state index in [1.165, 1.54) is 37.1 Å². The molecule has 0 saturated heterocycles. The maximum atomic E-state index is 4.53. The van der Waals surface area contributed by atoms with Crippen LogP contribution in [0.2, 0.25) is 0 Å². The second-order valence-corrected chi connectivity index (χ2v) is 5.59. The van der Waals surface area contributed by atoms with Crippen LogP contribution in [0.4, 0.5) is 0 Å². The van der Waals surface area contributed by atoms with Gasteiger partial charge in [0.15, 0.2) is 0 Å². The number of imidazole rings is 1. The molecule has 0 amide bonds. The van der Waals surface area contributed by atoms with Crippen molar-refractivity contribution >= 4 is 28.3 Å². The summed E-state index contributed by atoms with van der Waals surface area (Å²) in [5, 5.41) is 0. The van der Waals surface area contributed by atoms with Gasteiger partial charge in [0.1, 0.15) is 5.82 Å². The highest BCUT2D eigenvalue weighted by Crippen LogP contribution is 2.33. The highest BCUT2D eigenvalue weighted by atomic mass is 79.9. The first-order valence-corrected chi connectivity index (χ1v) is 6.93. The average molecular weight is 328 g/mol. The van der Waals surface area contributed by atoms with Crippen molar-refractivity contribution < 1.29 is 0 Å². The number of aromatic nitrogens is 2. The van der Waals surface area contributed by atoms with Crippen molar-refractivity contribution in [1.29, 1.82) is 0 Å². The Hall–Kier alpha value is -0.800. The Morgan fingerprint density at radius 1 is 1.11 bits per heavy atom. The number of rotatable bonds is 2. The molecular weight excluding hydrogens is 312 g/mol. The summed E-state index contributed by atoms with van der Waals surface area (Å²) in [5.41, 5.74) is 2.32. The Morgan fingerprint density at radius 2 is 1.78 bits per heavy atom. The van der Waals surface area contributed by atoms with Crippen LogP contribution in [0.15, 0.2) is 34.9 Å². The lowest BCUT2D eigenvalue weighted by molar-refractivity contribution is 0.679. The van der Waals surface area contributed by atoms with Gasteiger partial charge in [0, 0.05) is 10.4 Å². The number of nitrogens with one attached hydrogen (secondary N) is 1. The molecule has 2 nitrogen and oxygen atoms in total. The molecule has 2 aromatic rings. The van der Waals surface area contributed by atoms with Crippen LogP contribution < -0.4 is 0 Å². The summed E-state index contributed by atoms with van der Waals surface area (Å²) in [7, 11) is 0. The van der Waals surface area contributed by atoms with Crippen LogP contribution in [-0.2, 0) is 0 Å². The number of aromatic amines is 1. The smallest absolute Gasteiger partial charge is 0.109 e. The van der Waals surface area contributed by atoms with Crippen LogP contribution in [0.3, 0.4) is 0 Å². The van der Waals surface area contributed by atoms with E-state index in [0.29, 0.717) is 5.92 Å². The topological polar surface area (TPSA) is 28.7 Å². The third-order valence-electron chi connectivity index (χ3n) is 3.49. The third kappa shape index (κ3) is 2.78. The lowest BCUT2D eigenvalue weighted by Crippen LogP contribution is -1.94. The predicted molar refractivity (Wildman–Crippen MR) is 80.2 cm³/mol. The van der Waals surface area contributed by atoms with Gasteiger partial charge in [0.25, 0.3) is 0 Å². The van der Waals surface area contributed by atoms with Gasteiger partial charge in [-0.25, -0.2) is 4.98 Å². The highest BCUT2D eigenvalue weighted by Gasteiger charge is 2.19. The van der Waals surface area contributed by atoms with E-state index in [4.69, 9.17) is 0 Å². The Morgan fingerprint density at radius 3 is 2.44 bits per heavy atom. The zero-order valence-corrected chi connectivity index (χ0v) is 12.4. The number of H-pyrrole nitrogens is 1. The van der Waals surface area contributed by atoms with Crippen LogP contribution in [-0.4, -0.2) is 9.97 Å². The van der Waals surface area contributed by atoms with E-state index in [2.05, 4.69) is 50.2 Å². The monoisotopic (exact) mass is 326 g/mol. The van der Waals surface area contributed by atoms with Gasteiger partial charge in [-0.1, -0.05) is 40.9 Å². The molecule has 0 atom stereocenters. The predicted octanol–water partition coefficient (Wildman–Crippen LogP) is 4.92. The standard InChI is InChI=1S/C14H15BrN2.ClH/c15-12-7-5-10(6-8-12)13-9-16-14(17-13)11-3-1-2-4-11;/h5-9,11H,1-4H2,(H,16,17);1H. The molecule has 1 saturated carbocycles. The van der Waals surface area contributed by atoms with Crippen LogP contribution in [0.25, 0.3) is 11.3 Å². The second-order valence-electron chi connectivity index (χ2n) is 4.67. The molecule has 1 fully saturated rings. The number of nitrogens with zero attached hydrogens (tertiary/aromatic N) is 1. The molecule has 1 aliphatic carbocycles. The molecule has 1 heterocycles. The molecule has 0 spiro atoms. The minimum Gasteiger partial charge on any atom is -0.342 e. The number of benzene rings is 1. The second kappa shape index (κ2) is 5.89. The van der Waals surface area contributed by atoms with Crippen molar-refractivity contribution in [3.8, 4) is 11.3 Å². The largest absolute Gasteiger partial charge is 0.342 e. The van der Waals surface area contributed by atoms with E-state index in [0.717, 1.165) is 10.2 Å². The Balaban J connectivity index is 0.00000120. The molecule has 3 rings (SSSR count). The van der Waals surface area contributed by atoms with Crippen LogP contribution in [0.5, 0.6) is 0 Å². The molecule has 0 bridgehead atoms. The summed E-state index contributed by atoms with van der Waals surface area (Å²) in [6.45, 7) is 0. The zero-order valence-electron chi connectivity index (χ0n) is 10.0. The lowest BCUT2D eigenvalue weighted by Gasteiger charge is -2.04. The van der Waals surface area contributed by atoms with Crippen molar-refractivity contribution in [2.45, 2.75) is 31.6 Å². The van der Waals surface area contributed by atoms with E-state index in [9.17, 15) is 0 Å².